The van der Waals surface area contributed by atoms with Gasteiger partial charge in [0.1, 0.15) is 6.54 Å². The van der Waals surface area contributed by atoms with Crippen LogP contribution in [-0.4, -0.2) is 38.9 Å². The fourth-order valence-corrected chi connectivity index (χ4v) is 5.30. The van der Waals surface area contributed by atoms with Crippen LogP contribution in [0.3, 0.4) is 0 Å². The number of hydrogen-bond donors (Lipinski definition) is 0. The summed E-state index contributed by atoms with van der Waals surface area (Å²) in [7, 11) is -2.23. The molecule has 2 aromatic carbocycles. The summed E-state index contributed by atoms with van der Waals surface area (Å²) >= 11 is 12.0. The Hall–Kier alpha value is -1.76. The topological polar surface area (TPSA) is 57.7 Å². The van der Waals surface area contributed by atoms with Crippen LogP contribution in [0.15, 0.2) is 53.4 Å². The fourth-order valence-electron chi connectivity index (χ4n) is 3.59. The van der Waals surface area contributed by atoms with Crippen molar-refractivity contribution in [3.8, 4) is 0 Å². The van der Waals surface area contributed by atoms with Crippen molar-refractivity contribution < 1.29 is 13.2 Å². The molecule has 1 saturated carbocycles. The zero-order valence-corrected chi connectivity index (χ0v) is 18.6. The molecule has 1 fully saturated rings. The minimum absolute atomic E-state index is 0.0648. The molecule has 29 heavy (non-hydrogen) atoms. The maximum Gasteiger partial charge on any atom is 0.264 e. The Bertz CT molecular complexity index is 958. The van der Waals surface area contributed by atoms with Gasteiger partial charge in [-0.05, 0) is 55.3 Å². The maximum absolute atomic E-state index is 13.4. The number of sulfonamides is 1. The van der Waals surface area contributed by atoms with E-state index in [1.807, 2.05) is 0 Å². The number of likely N-dealkylation sites (N-methyl/N-ethyl adjacent to an activating group) is 1. The fraction of sp³-hybridized carbons (Fsp3) is 0.381. The summed E-state index contributed by atoms with van der Waals surface area (Å²) in [6.45, 7) is -0.293. The summed E-state index contributed by atoms with van der Waals surface area (Å²) in [5, 5.41) is 0.832. The van der Waals surface area contributed by atoms with E-state index >= 15 is 0 Å². The number of carbonyl (C=O) groups excluding carboxylic acids is 1. The summed E-state index contributed by atoms with van der Waals surface area (Å²) in [5.41, 5.74) is 0.345. The van der Waals surface area contributed by atoms with E-state index in [1.54, 1.807) is 36.2 Å². The Morgan fingerprint density at radius 2 is 1.66 bits per heavy atom. The Kier molecular flexibility index (Phi) is 7.09. The number of anilines is 1. The lowest BCUT2D eigenvalue weighted by molar-refractivity contribution is -0.130. The summed E-state index contributed by atoms with van der Waals surface area (Å²) in [6.07, 6.45) is 5.25. The van der Waals surface area contributed by atoms with Crippen molar-refractivity contribution in [3.63, 3.8) is 0 Å². The first-order valence-electron chi connectivity index (χ1n) is 9.58. The quantitative estimate of drug-likeness (QED) is 0.618. The first-order valence-corrected chi connectivity index (χ1v) is 11.8. The third-order valence-electron chi connectivity index (χ3n) is 5.29. The molecule has 0 heterocycles. The highest BCUT2D eigenvalue weighted by molar-refractivity contribution is 7.92. The summed E-state index contributed by atoms with van der Waals surface area (Å²) < 4.78 is 27.8. The molecular formula is C21H24Cl2N2O3S. The highest BCUT2D eigenvalue weighted by Crippen LogP contribution is 2.28. The van der Waals surface area contributed by atoms with Gasteiger partial charge in [-0.3, -0.25) is 9.10 Å². The lowest BCUT2D eigenvalue weighted by Crippen LogP contribution is -2.45. The van der Waals surface area contributed by atoms with Gasteiger partial charge in [0.15, 0.2) is 0 Å². The van der Waals surface area contributed by atoms with Crippen molar-refractivity contribution in [2.75, 3.05) is 17.9 Å². The molecule has 0 atom stereocenters. The van der Waals surface area contributed by atoms with Crippen LogP contribution >= 0.6 is 23.2 Å². The van der Waals surface area contributed by atoms with E-state index in [9.17, 15) is 13.2 Å². The minimum atomic E-state index is -3.98. The zero-order valence-electron chi connectivity index (χ0n) is 16.2. The van der Waals surface area contributed by atoms with Gasteiger partial charge >= 0.3 is 0 Å². The predicted octanol–water partition coefficient (Wildman–Crippen LogP) is 4.98. The second-order valence-electron chi connectivity index (χ2n) is 7.24. The lowest BCUT2D eigenvalue weighted by atomic mass is 9.94. The molecular weight excluding hydrogens is 431 g/mol. The summed E-state index contributed by atoms with van der Waals surface area (Å²) in [4.78, 5) is 14.8. The van der Waals surface area contributed by atoms with Crippen molar-refractivity contribution in [3.05, 3.63) is 58.6 Å². The SMILES string of the molecule is CN(C(=O)CN(c1cccc(Cl)c1)S(=O)(=O)c1ccc(Cl)cc1)C1CCCCC1. The molecule has 1 amide bonds. The van der Waals surface area contributed by atoms with Crippen molar-refractivity contribution >= 4 is 44.8 Å². The van der Waals surface area contributed by atoms with Crippen LogP contribution in [0.4, 0.5) is 5.69 Å². The van der Waals surface area contributed by atoms with E-state index in [4.69, 9.17) is 23.2 Å². The largest absolute Gasteiger partial charge is 0.341 e. The molecule has 0 saturated heterocycles. The average Bonchev–Trinajstić information content (AvgIpc) is 2.72. The van der Waals surface area contributed by atoms with E-state index < -0.39 is 10.0 Å². The number of hydrogen-bond acceptors (Lipinski definition) is 3. The zero-order chi connectivity index (χ0) is 21.0. The normalized spacial score (nSPS) is 15.1. The van der Waals surface area contributed by atoms with Gasteiger partial charge in [0.25, 0.3) is 10.0 Å². The molecule has 0 N–H and O–H groups in total. The van der Waals surface area contributed by atoms with Gasteiger partial charge in [-0.15, -0.1) is 0 Å². The number of rotatable bonds is 6. The minimum Gasteiger partial charge on any atom is -0.341 e. The van der Waals surface area contributed by atoms with E-state index in [-0.39, 0.29) is 23.4 Å². The lowest BCUT2D eigenvalue weighted by Gasteiger charge is -2.33. The number of nitrogens with zero attached hydrogens (tertiary/aromatic N) is 2. The third kappa shape index (κ3) is 5.24. The van der Waals surface area contributed by atoms with Crippen molar-refractivity contribution in [1.82, 2.24) is 4.90 Å². The maximum atomic E-state index is 13.4. The second kappa shape index (κ2) is 9.37. The smallest absolute Gasteiger partial charge is 0.264 e. The number of halogens is 2. The molecule has 2 aromatic rings. The summed E-state index contributed by atoms with van der Waals surface area (Å²) in [6, 6.07) is 12.5. The third-order valence-corrected chi connectivity index (χ3v) is 7.57. The molecule has 0 spiro atoms. The van der Waals surface area contributed by atoms with Crippen LogP contribution in [0.5, 0.6) is 0 Å². The van der Waals surface area contributed by atoms with Crippen LogP contribution in [-0.2, 0) is 14.8 Å². The molecule has 0 aliphatic heterocycles. The standard InChI is InChI=1S/C21H24Cl2N2O3S/c1-24(18-7-3-2-4-8-18)21(26)15-25(19-9-5-6-17(23)14-19)29(27,28)20-12-10-16(22)11-13-20/h5-6,9-14,18H,2-4,7-8,15H2,1H3. The van der Waals surface area contributed by atoms with Gasteiger partial charge in [0.05, 0.1) is 10.6 Å². The van der Waals surface area contributed by atoms with Crippen LogP contribution in [0, 0.1) is 0 Å². The molecule has 156 valence electrons. The average molecular weight is 455 g/mol. The first kappa shape index (κ1) is 21.9. The molecule has 0 bridgehead atoms. The first-order chi connectivity index (χ1) is 13.8. The van der Waals surface area contributed by atoms with E-state index in [0.717, 1.165) is 30.0 Å². The number of amides is 1. The molecule has 5 nitrogen and oxygen atoms in total. The second-order valence-corrected chi connectivity index (χ2v) is 9.98. The van der Waals surface area contributed by atoms with Gasteiger partial charge < -0.3 is 4.90 Å². The van der Waals surface area contributed by atoms with Gasteiger partial charge in [-0.2, -0.15) is 0 Å². The van der Waals surface area contributed by atoms with Crippen LogP contribution < -0.4 is 4.31 Å². The van der Waals surface area contributed by atoms with Crippen LogP contribution in [0.25, 0.3) is 0 Å². The molecule has 8 heteroatoms. The highest BCUT2D eigenvalue weighted by Gasteiger charge is 2.30. The van der Waals surface area contributed by atoms with Gasteiger partial charge in [0, 0.05) is 23.1 Å². The monoisotopic (exact) mass is 454 g/mol. The van der Waals surface area contributed by atoms with E-state index in [1.165, 1.54) is 30.7 Å². The Balaban J connectivity index is 1.93. The number of carbonyl (C=O) groups is 1. The number of benzene rings is 2. The molecule has 0 unspecified atom stereocenters. The van der Waals surface area contributed by atoms with Crippen molar-refractivity contribution in [2.24, 2.45) is 0 Å². The summed E-state index contributed by atoms with van der Waals surface area (Å²) in [5.74, 6) is -0.241. The Labute approximate surface area is 182 Å². The molecule has 0 aromatic heterocycles. The van der Waals surface area contributed by atoms with Crippen LogP contribution in [0.1, 0.15) is 32.1 Å². The predicted molar refractivity (Wildman–Crippen MR) is 117 cm³/mol. The molecule has 0 radical (unpaired) electrons. The van der Waals surface area contributed by atoms with Crippen molar-refractivity contribution in [1.29, 1.82) is 0 Å². The molecule has 1 aliphatic rings. The Morgan fingerprint density at radius 3 is 2.28 bits per heavy atom. The molecule has 3 rings (SSSR count). The van der Waals surface area contributed by atoms with Gasteiger partial charge in [-0.25, -0.2) is 8.42 Å². The van der Waals surface area contributed by atoms with Gasteiger partial charge in [0.2, 0.25) is 5.91 Å². The van der Waals surface area contributed by atoms with E-state index in [2.05, 4.69) is 0 Å². The highest BCUT2D eigenvalue weighted by atomic mass is 35.5. The van der Waals surface area contributed by atoms with Crippen LogP contribution in [0.2, 0.25) is 10.0 Å². The van der Waals surface area contributed by atoms with E-state index in [0.29, 0.717) is 15.7 Å². The van der Waals surface area contributed by atoms with Crippen molar-refractivity contribution in [2.45, 2.75) is 43.0 Å². The Morgan fingerprint density at radius 1 is 1.00 bits per heavy atom. The molecule has 1 aliphatic carbocycles. The van der Waals surface area contributed by atoms with Gasteiger partial charge in [-0.1, -0.05) is 48.5 Å².